The molecule has 3 heterocycles. The van der Waals surface area contributed by atoms with Crippen LogP contribution in [-0.2, 0) is 17.7 Å². The van der Waals surface area contributed by atoms with Crippen LogP contribution < -0.4 is 10.6 Å². The molecule has 1 atom stereocenters. The largest absolute Gasteiger partial charge is 0.379 e. The van der Waals surface area contributed by atoms with Gasteiger partial charge in [-0.05, 0) is 50.2 Å². The lowest BCUT2D eigenvalue weighted by Crippen LogP contribution is -2.42. The first-order valence-corrected chi connectivity index (χ1v) is 11.3. The Morgan fingerprint density at radius 1 is 1.30 bits per heavy atom. The Morgan fingerprint density at radius 2 is 2.15 bits per heavy atom. The first kappa shape index (κ1) is 20.6. The minimum absolute atomic E-state index is 0.460. The van der Waals surface area contributed by atoms with Crippen LogP contribution in [0.4, 0.5) is 0 Å². The van der Waals surface area contributed by atoms with Crippen molar-refractivity contribution in [3.63, 3.8) is 0 Å². The Labute approximate surface area is 168 Å². The SMILES string of the molecule is CCNC(=NCC(C)N1CCc2sccc2C1)NCCCN1CCOCC1. The molecule has 0 aromatic carbocycles. The van der Waals surface area contributed by atoms with Gasteiger partial charge in [0.25, 0.3) is 0 Å². The molecule has 2 aliphatic rings. The van der Waals surface area contributed by atoms with Crippen LogP contribution in [0.1, 0.15) is 30.7 Å². The normalized spacial score (nSPS) is 20.3. The Balaban J connectivity index is 1.39. The molecule has 0 radical (unpaired) electrons. The van der Waals surface area contributed by atoms with Gasteiger partial charge in [-0.15, -0.1) is 11.3 Å². The molecule has 27 heavy (non-hydrogen) atoms. The quantitative estimate of drug-likeness (QED) is 0.401. The number of ether oxygens (including phenoxy) is 1. The van der Waals surface area contributed by atoms with Crippen molar-refractivity contribution in [2.75, 3.05) is 59.0 Å². The third kappa shape index (κ3) is 6.45. The van der Waals surface area contributed by atoms with Gasteiger partial charge >= 0.3 is 0 Å². The van der Waals surface area contributed by atoms with Gasteiger partial charge in [-0.3, -0.25) is 14.8 Å². The van der Waals surface area contributed by atoms with Crippen molar-refractivity contribution in [1.82, 2.24) is 20.4 Å². The molecule has 0 spiro atoms. The fraction of sp³-hybridized carbons (Fsp3) is 0.750. The van der Waals surface area contributed by atoms with Gasteiger partial charge in [0.05, 0.1) is 19.8 Å². The van der Waals surface area contributed by atoms with Gasteiger partial charge in [-0.1, -0.05) is 0 Å². The van der Waals surface area contributed by atoms with Gasteiger partial charge in [-0.25, -0.2) is 0 Å². The monoisotopic (exact) mass is 393 g/mol. The van der Waals surface area contributed by atoms with E-state index >= 15 is 0 Å². The van der Waals surface area contributed by atoms with Crippen molar-refractivity contribution in [2.45, 2.75) is 39.3 Å². The molecule has 1 aromatic heterocycles. The van der Waals surface area contributed by atoms with E-state index in [2.05, 4.69) is 45.7 Å². The molecule has 0 aliphatic carbocycles. The predicted octanol–water partition coefficient (Wildman–Crippen LogP) is 1.77. The van der Waals surface area contributed by atoms with Crippen LogP contribution in [0, 0.1) is 0 Å². The maximum atomic E-state index is 5.41. The van der Waals surface area contributed by atoms with Crippen LogP contribution in [0.5, 0.6) is 0 Å². The second-order valence-electron chi connectivity index (χ2n) is 7.39. The fourth-order valence-corrected chi connectivity index (χ4v) is 4.55. The molecule has 3 rings (SSSR count). The highest BCUT2D eigenvalue weighted by Gasteiger charge is 2.21. The van der Waals surface area contributed by atoms with E-state index in [9.17, 15) is 0 Å². The van der Waals surface area contributed by atoms with E-state index in [1.54, 1.807) is 4.88 Å². The topological polar surface area (TPSA) is 52.1 Å². The number of rotatable bonds is 8. The van der Waals surface area contributed by atoms with Gasteiger partial charge in [-0.2, -0.15) is 0 Å². The summed E-state index contributed by atoms with van der Waals surface area (Å²) in [5.74, 6) is 0.944. The molecule has 1 aromatic rings. The predicted molar refractivity (Wildman–Crippen MR) is 114 cm³/mol. The minimum Gasteiger partial charge on any atom is -0.379 e. The van der Waals surface area contributed by atoms with Crippen molar-refractivity contribution in [3.8, 4) is 0 Å². The number of fused-ring (bicyclic) bond motifs is 1. The summed E-state index contributed by atoms with van der Waals surface area (Å²) in [5.41, 5.74) is 1.51. The van der Waals surface area contributed by atoms with Crippen LogP contribution in [0.15, 0.2) is 16.4 Å². The number of hydrogen-bond acceptors (Lipinski definition) is 5. The molecule has 2 aliphatic heterocycles. The Kier molecular flexibility index (Phi) is 8.38. The first-order valence-electron chi connectivity index (χ1n) is 10.4. The summed E-state index contributed by atoms with van der Waals surface area (Å²) in [7, 11) is 0. The number of thiophene rings is 1. The van der Waals surface area contributed by atoms with Crippen molar-refractivity contribution in [1.29, 1.82) is 0 Å². The molecule has 152 valence electrons. The van der Waals surface area contributed by atoms with Gasteiger partial charge < -0.3 is 15.4 Å². The lowest BCUT2D eigenvalue weighted by molar-refractivity contribution is 0.0376. The zero-order chi connectivity index (χ0) is 18.9. The molecule has 6 nitrogen and oxygen atoms in total. The van der Waals surface area contributed by atoms with E-state index < -0.39 is 0 Å². The first-order chi connectivity index (χ1) is 13.3. The molecule has 1 saturated heterocycles. The second-order valence-corrected chi connectivity index (χ2v) is 8.39. The molecule has 0 bridgehead atoms. The third-order valence-corrected chi connectivity index (χ3v) is 6.39. The van der Waals surface area contributed by atoms with Crippen LogP contribution in [-0.4, -0.2) is 80.8 Å². The van der Waals surface area contributed by atoms with Crippen LogP contribution >= 0.6 is 11.3 Å². The molecule has 7 heteroatoms. The van der Waals surface area contributed by atoms with Gasteiger partial charge in [0.2, 0.25) is 0 Å². The molecule has 0 amide bonds. The smallest absolute Gasteiger partial charge is 0.191 e. The summed E-state index contributed by atoms with van der Waals surface area (Å²) >= 11 is 1.90. The lowest BCUT2D eigenvalue weighted by Gasteiger charge is -2.31. The Bertz CT molecular complexity index is 585. The maximum absolute atomic E-state index is 5.41. The van der Waals surface area contributed by atoms with E-state index in [0.29, 0.717) is 6.04 Å². The number of aliphatic imine (C=N–C) groups is 1. The van der Waals surface area contributed by atoms with E-state index in [-0.39, 0.29) is 0 Å². The molecule has 1 unspecified atom stereocenters. The van der Waals surface area contributed by atoms with Gasteiger partial charge in [0.15, 0.2) is 5.96 Å². The summed E-state index contributed by atoms with van der Waals surface area (Å²) in [6.45, 7) is 14.3. The number of morpholine rings is 1. The zero-order valence-corrected chi connectivity index (χ0v) is 17.7. The van der Waals surface area contributed by atoms with Gasteiger partial charge in [0.1, 0.15) is 0 Å². The van der Waals surface area contributed by atoms with Crippen LogP contribution in [0.2, 0.25) is 0 Å². The standard InChI is InChI=1S/C20H35N5OS/c1-3-21-20(22-7-4-8-24-10-12-26-13-11-24)23-15-17(2)25-9-5-19-18(16-25)6-14-27-19/h6,14,17H,3-5,7-13,15-16H2,1-2H3,(H2,21,22,23). The van der Waals surface area contributed by atoms with E-state index in [4.69, 9.17) is 9.73 Å². The molecular formula is C20H35N5OS. The molecule has 1 fully saturated rings. The Morgan fingerprint density at radius 3 is 2.96 bits per heavy atom. The maximum Gasteiger partial charge on any atom is 0.191 e. The van der Waals surface area contributed by atoms with Crippen molar-refractivity contribution in [3.05, 3.63) is 21.9 Å². The highest BCUT2D eigenvalue weighted by molar-refractivity contribution is 7.10. The van der Waals surface area contributed by atoms with Crippen molar-refractivity contribution < 1.29 is 4.74 Å². The van der Waals surface area contributed by atoms with E-state index in [0.717, 1.165) is 78.0 Å². The summed E-state index contributed by atoms with van der Waals surface area (Å²) in [5, 5.41) is 9.10. The highest BCUT2D eigenvalue weighted by atomic mass is 32.1. The van der Waals surface area contributed by atoms with Crippen LogP contribution in [0.3, 0.4) is 0 Å². The third-order valence-electron chi connectivity index (χ3n) is 5.37. The Hall–Kier alpha value is -1.15. The van der Waals surface area contributed by atoms with Crippen molar-refractivity contribution in [2.24, 2.45) is 4.99 Å². The number of guanidine groups is 1. The average Bonchev–Trinajstić information content (AvgIpc) is 3.17. The highest BCUT2D eigenvalue weighted by Crippen LogP contribution is 2.25. The fourth-order valence-electron chi connectivity index (χ4n) is 3.66. The summed E-state index contributed by atoms with van der Waals surface area (Å²) in [6, 6.07) is 2.74. The minimum atomic E-state index is 0.460. The van der Waals surface area contributed by atoms with Crippen molar-refractivity contribution >= 4 is 17.3 Å². The summed E-state index contributed by atoms with van der Waals surface area (Å²) in [4.78, 5) is 11.4. The van der Waals surface area contributed by atoms with Gasteiger partial charge in [0, 0.05) is 50.2 Å². The van der Waals surface area contributed by atoms with Crippen LogP contribution in [0.25, 0.3) is 0 Å². The molecular weight excluding hydrogens is 358 g/mol. The second kappa shape index (κ2) is 11.0. The number of nitrogens with zero attached hydrogens (tertiary/aromatic N) is 3. The molecule has 0 saturated carbocycles. The zero-order valence-electron chi connectivity index (χ0n) is 16.9. The summed E-state index contributed by atoms with van der Waals surface area (Å²) in [6.07, 6.45) is 2.31. The summed E-state index contributed by atoms with van der Waals surface area (Å²) < 4.78 is 5.41. The molecule has 2 N–H and O–H groups in total. The van der Waals surface area contributed by atoms with E-state index in [1.807, 2.05) is 11.3 Å². The van der Waals surface area contributed by atoms with E-state index in [1.165, 1.54) is 12.0 Å². The average molecular weight is 394 g/mol. The lowest BCUT2D eigenvalue weighted by atomic mass is 10.1. The number of hydrogen-bond donors (Lipinski definition) is 2. The number of nitrogens with one attached hydrogen (secondary N) is 2.